The van der Waals surface area contributed by atoms with Crippen LogP contribution >= 0.6 is 15.9 Å². The summed E-state index contributed by atoms with van der Waals surface area (Å²) in [6.07, 6.45) is 13.4. The van der Waals surface area contributed by atoms with Crippen LogP contribution in [-0.2, 0) is 10.1 Å². The third kappa shape index (κ3) is 15.1. The Balaban J connectivity index is 0.000000533. The first kappa shape index (κ1) is 26.5. The number of rotatable bonds is 12. The minimum absolute atomic E-state index is 0.110. The monoisotopic (exact) mass is 466 g/mol. The molecule has 0 aliphatic heterocycles. The lowest BCUT2D eigenvalue weighted by Crippen LogP contribution is -2.43. The van der Waals surface area contributed by atoms with Crippen LogP contribution in [0.15, 0.2) is 27.8 Å². The molecule has 3 N–H and O–H groups in total. The number of hydrogen-bond donors (Lipinski definition) is 3. The molecule has 158 valence electrons. The van der Waals surface area contributed by atoms with Crippen molar-refractivity contribution < 1.29 is 18.1 Å². The highest BCUT2D eigenvalue weighted by molar-refractivity contribution is 9.10. The van der Waals surface area contributed by atoms with Crippen LogP contribution in [0.1, 0.15) is 72.1 Å². The van der Waals surface area contributed by atoms with E-state index < -0.39 is 10.1 Å². The highest BCUT2D eigenvalue weighted by Crippen LogP contribution is 2.13. The Morgan fingerprint density at radius 2 is 1.63 bits per heavy atom. The second kappa shape index (κ2) is 14.5. The summed E-state index contributed by atoms with van der Waals surface area (Å²) in [6.45, 7) is 7.58. The van der Waals surface area contributed by atoms with Gasteiger partial charge in [0.1, 0.15) is 4.90 Å². The molecule has 6 nitrogen and oxygen atoms in total. The van der Waals surface area contributed by atoms with Gasteiger partial charge in [-0.1, -0.05) is 51.9 Å². The van der Waals surface area contributed by atoms with Gasteiger partial charge in [0.15, 0.2) is 0 Å². The first-order valence-electron chi connectivity index (χ1n) is 9.56. The fourth-order valence-corrected chi connectivity index (χ4v) is 3.26. The molecule has 0 unspecified atom stereocenters. The normalized spacial score (nSPS) is 11.8. The van der Waals surface area contributed by atoms with Gasteiger partial charge in [0, 0.05) is 22.4 Å². The number of unbranched alkanes of at least 4 members (excludes halogenated alkanes) is 7. The van der Waals surface area contributed by atoms with E-state index in [1.54, 1.807) is 0 Å². The van der Waals surface area contributed by atoms with Crippen LogP contribution in [0.2, 0.25) is 0 Å². The van der Waals surface area contributed by atoms with E-state index in [4.69, 9.17) is 9.66 Å². The topological polar surface area (TPSA) is 99.5 Å². The number of nitrogens with one attached hydrogen (secondary N) is 1. The third-order valence-corrected chi connectivity index (χ3v) is 5.26. The minimum Gasteiger partial charge on any atom is -0.394 e. The first-order valence-corrected chi connectivity index (χ1v) is 11.8. The van der Waals surface area contributed by atoms with Crippen molar-refractivity contribution in [2.24, 2.45) is 0 Å². The van der Waals surface area contributed by atoms with Gasteiger partial charge < -0.3 is 10.4 Å². The molecule has 1 aromatic rings. The molecular weight excluding hydrogens is 432 g/mol. The van der Waals surface area contributed by atoms with Crippen molar-refractivity contribution in [2.75, 3.05) is 13.2 Å². The Labute approximate surface area is 173 Å². The molecule has 1 aromatic heterocycles. The summed E-state index contributed by atoms with van der Waals surface area (Å²) in [7, 11) is -4.12. The molecular formula is C19H35BrN2O4S. The molecule has 0 saturated carbocycles. The molecule has 0 atom stereocenters. The van der Waals surface area contributed by atoms with Crippen molar-refractivity contribution in [3.63, 3.8) is 0 Å². The van der Waals surface area contributed by atoms with E-state index in [2.05, 4.69) is 33.2 Å². The van der Waals surface area contributed by atoms with E-state index in [0.717, 1.165) is 12.7 Å². The summed E-state index contributed by atoms with van der Waals surface area (Å²) in [6, 6.07) is 1.27. The number of nitrogens with zero attached hydrogens (tertiary/aromatic N) is 1. The predicted octanol–water partition coefficient (Wildman–Crippen LogP) is 4.58. The Kier molecular flexibility index (Phi) is 14.2. The number of pyridine rings is 1. The maximum atomic E-state index is 10.5. The summed E-state index contributed by atoms with van der Waals surface area (Å²) in [5.74, 6) is 0. The van der Waals surface area contributed by atoms with Gasteiger partial charge in [-0.25, -0.2) is 0 Å². The van der Waals surface area contributed by atoms with Gasteiger partial charge >= 0.3 is 0 Å². The lowest BCUT2D eigenvalue weighted by atomic mass is 10.1. The van der Waals surface area contributed by atoms with E-state index in [1.807, 2.05) is 13.8 Å². The molecule has 0 saturated heterocycles. The first-order chi connectivity index (χ1) is 12.6. The molecule has 27 heavy (non-hydrogen) atoms. The van der Waals surface area contributed by atoms with Crippen molar-refractivity contribution in [1.29, 1.82) is 0 Å². The number of aromatic nitrogens is 1. The van der Waals surface area contributed by atoms with Gasteiger partial charge in [0.05, 0.1) is 6.61 Å². The van der Waals surface area contributed by atoms with Gasteiger partial charge in [0.25, 0.3) is 10.1 Å². The largest absolute Gasteiger partial charge is 0.394 e. The average molecular weight is 467 g/mol. The zero-order chi connectivity index (χ0) is 20.8. The zero-order valence-electron chi connectivity index (χ0n) is 16.7. The number of hydrogen-bond acceptors (Lipinski definition) is 5. The maximum absolute atomic E-state index is 10.5. The molecule has 0 fully saturated rings. The second-order valence-electron chi connectivity index (χ2n) is 7.26. The molecule has 0 aliphatic carbocycles. The smallest absolute Gasteiger partial charge is 0.296 e. The third-order valence-electron chi connectivity index (χ3n) is 4.01. The Morgan fingerprint density at radius 1 is 1.07 bits per heavy atom. The summed E-state index contributed by atoms with van der Waals surface area (Å²) in [5, 5.41) is 12.4. The fourth-order valence-electron chi connectivity index (χ4n) is 2.28. The van der Waals surface area contributed by atoms with Crippen molar-refractivity contribution in [1.82, 2.24) is 10.3 Å². The predicted molar refractivity (Wildman–Crippen MR) is 114 cm³/mol. The second-order valence-corrected chi connectivity index (χ2v) is 9.59. The van der Waals surface area contributed by atoms with Crippen LogP contribution in [0.3, 0.4) is 0 Å². The summed E-state index contributed by atoms with van der Waals surface area (Å²) >= 11 is 3.02. The highest BCUT2D eigenvalue weighted by atomic mass is 79.9. The van der Waals surface area contributed by atoms with Crippen LogP contribution in [0.25, 0.3) is 0 Å². The minimum atomic E-state index is -4.12. The number of halogens is 1. The Hall–Kier alpha value is -0.540. The molecule has 1 heterocycles. The van der Waals surface area contributed by atoms with E-state index in [9.17, 15) is 8.42 Å². The van der Waals surface area contributed by atoms with Crippen molar-refractivity contribution in [3.8, 4) is 0 Å². The van der Waals surface area contributed by atoms with Crippen LogP contribution in [0, 0.1) is 0 Å². The summed E-state index contributed by atoms with van der Waals surface area (Å²) < 4.78 is 30.0. The van der Waals surface area contributed by atoms with Crippen LogP contribution in [0.5, 0.6) is 0 Å². The summed E-state index contributed by atoms with van der Waals surface area (Å²) in [5.41, 5.74) is -0.110. The van der Waals surface area contributed by atoms with Crippen molar-refractivity contribution >= 4 is 26.0 Å². The molecule has 0 amide bonds. The van der Waals surface area contributed by atoms with Crippen LogP contribution < -0.4 is 5.32 Å². The SMILES string of the molecule is CCCCCCCCCCNC(C)(C)CO.O=S(=O)(O)c1cncc(Br)c1. The average Bonchev–Trinajstić information content (AvgIpc) is 2.60. The Bertz CT molecular complexity index is 609. The number of aliphatic hydroxyl groups excluding tert-OH is 1. The molecule has 0 bridgehead atoms. The van der Waals surface area contributed by atoms with Gasteiger partial charge in [-0.05, 0) is 48.8 Å². The van der Waals surface area contributed by atoms with E-state index in [0.29, 0.717) is 4.47 Å². The zero-order valence-corrected chi connectivity index (χ0v) is 19.1. The molecule has 0 aliphatic rings. The van der Waals surface area contributed by atoms with Crippen molar-refractivity contribution in [3.05, 3.63) is 22.9 Å². The van der Waals surface area contributed by atoms with E-state index >= 15 is 0 Å². The van der Waals surface area contributed by atoms with E-state index in [1.165, 1.54) is 63.6 Å². The van der Waals surface area contributed by atoms with Crippen molar-refractivity contribution in [2.45, 2.75) is 82.6 Å². The van der Waals surface area contributed by atoms with Gasteiger partial charge in [-0.2, -0.15) is 8.42 Å². The quantitative estimate of drug-likeness (QED) is 0.307. The molecule has 8 heteroatoms. The maximum Gasteiger partial charge on any atom is 0.296 e. The van der Waals surface area contributed by atoms with Gasteiger partial charge in [-0.3, -0.25) is 9.54 Å². The standard InChI is InChI=1S/C14H31NO.C5H4BrNO3S/c1-4-5-6-7-8-9-10-11-12-15-14(2,3)13-16;6-4-1-5(3-7-2-4)11(8,9)10/h15-16H,4-13H2,1-3H3;1-3H,(H,8,9,10). The number of aliphatic hydroxyl groups is 1. The molecule has 0 spiro atoms. The lowest BCUT2D eigenvalue weighted by Gasteiger charge is -2.23. The summed E-state index contributed by atoms with van der Waals surface area (Å²) in [4.78, 5) is 3.35. The van der Waals surface area contributed by atoms with E-state index in [-0.39, 0.29) is 17.0 Å². The molecule has 0 aromatic carbocycles. The van der Waals surface area contributed by atoms with Crippen LogP contribution in [0.4, 0.5) is 0 Å². The fraction of sp³-hybridized carbons (Fsp3) is 0.737. The van der Waals surface area contributed by atoms with Gasteiger partial charge in [0.2, 0.25) is 0 Å². The molecule has 1 rings (SSSR count). The van der Waals surface area contributed by atoms with Gasteiger partial charge in [-0.15, -0.1) is 0 Å². The molecule has 0 radical (unpaired) electrons. The van der Waals surface area contributed by atoms with Crippen LogP contribution in [-0.4, -0.2) is 41.8 Å². The lowest BCUT2D eigenvalue weighted by molar-refractivity contribution is 0.188. The highest BCUT2D eigenvalue weighted by Gasteiger charge is 2.13. The Morgan fingerprint density at radius 3 is 2.07 bits per heavy atom.